The third kappa shape index (κ3) is 1.87. The minimum atomic E-state index is 0.362. The van der Waals surface area contributed by atoms with Gasteiger partial charge in [0.25, 0.3) is 0 Å². The molecule has 2 aromatic rings. The van der Waals surface area contributed by atoms with E-state index >= 15 is 0 Å². The van der Waals surface area contributed by atoms with Crippen LogP contribution in [-0.2, 0) is 6.42 Å². The molecule has 86 valence electrons. The molecule has 17 heavy (non-hydrogen) atoms. The minimum absolute atomic E-state index is 0.362. The van der Waals surface area contributed by atoms with Crippen molar-refractivity contribution in [3.8, 4) is 0 Å². The Balaban J connectivity index is 2.09. The Labute approximate surface area is 102 Å². The lowest BCUT2D eigenvalue weighted by atomic mass is 9.88. The minimum Gasteiger partial charge on any atom is -0.306 e. The molecular weight excluding hydrogens is 206 g/mol. The lowest BCUT2D eigenvalue weighted by Crippen LogP contribution is -2.30. The molecule has 1 aliphatic heterocycles. The van der Waals surface area contributed by atoms with Crippen LogP contribution in [0.3, 0.4) is 0 Å². The molecule has 0 bridgehead atoms. The van der Waals surface area contributed by atoms with E-state index < -0.39 is 0 Å². The quantitative estimate of drug-likeness (QED) is 0.782. The standard InChI is InChI=1S/C16H17N/c1-12-6-2-4-8-14(12)16-15-9-5-3-7-13(15)10-11-17-16/h2-9,16-17H,10-11H2,1H3. The molecule has 0 fully saturated rings. The first-order valence-electron chi connectivity index (χ1n) is 6.23. The highest BCUT2D eigenvalue weighted by Crippen LogP contribution is 2.29. The van der Waals surface area contributed by atoms with Gasteiger partial charge in [-0.1, -0.05) is 48.5 Å². The summed E-state index contributed by atoms with van der Waals surface area (Å²) in [7, 11) is 0. The average Bonchev–Trinajstić information content (AvgIpc) is 2.39. The second kappa shape index (κ2) is 4.34. The number of aryl methyl sites for hydroxylation is 1. The molecule has 0 saturated carbocycles. The van der Waals surface area contributed by atoms with Crippen LogP contribution in [-0.4, -0.2) is 6.54 Å². The molecular formula is C16H17N. The van der Waals surface area contributed by atoms with Crippen LogP contribution in [0.2, 0.25) is 0 Å². The fraction of sp³-hybridized carbons (Fsp3) is 0.250. The third-order valence-corrected chi connectivity index (χ3v) is 3.61. The number of rotatable bonds is 1. The fourth-order valence-corrected chi connectivity index (χ4v) is 2.69. The second-order valence-corrected chi connectivity index (χ2v) is 4.69. The van der Waals surface area contributed by atoms with Crippen LogP contribution < -0.4 is 5.32 Å². The van der Waals surface area contributed by atoms with Crippen molar-refractivity contribution >= 4 is 0 Å². The molecule has 0 aliphatic carbocycles. The summed E-state index contributed by atoms with van der Waals surface area (Å²) in [5.41, 5.74) is 5.69. The fourth-order valence-electron chi connectivity index (χ4n) is 2.69. The van der Waals surface area contributed by atoms with Crippen LogP contribution in [0.5, 0.6) is 0 Å². The lowest BCUT2D eigenvalue weighted by Gasteiger charge is -2.28. The van der Waals surface area contributed by atoms with Gasteiger partial charge in [0, 0.05) is 6.54 Å². The maximum Gasteiger partial charge on any atom is 0.0582 e. The monoisotopic (exact) mass is 223 g/mol. The smallest absolute Gasteiger partial charge is 0.0582 e. The highest BCUT2D eigenvalue weighted by atomic mass is 14.9. The predicted octanol–water partition coefficient (Wildman–Crippen LogP) is 3.23. The zero-order valence-corrected chi connectivity index (χ0v) is 10.1. The largest absolute Gasteiger partial charge is 0.306 e. The first kappa shape index (κ1) is 10.5. The van der Waals surface area contributed by atoms with Crippen LogP contribution in [0.4, 0.5) is 0 Å². The Bertz CT molecular complexity index is 531. The van der Waals surface area contributed by atoms with E-state index in [1.165, 1.54) is 22.3 Å². The highest BCUT2D eigenvalue weighted by Gasteiger charge is 2.21. The molecule has 3 rings (SSSR count). The summed E-state index contributed by atoms with van der Waals surface area (Å²) in [5, 5.41) is 3.63. The third-order valence-electron chi connectivity index (χ3n) is 3.61. The molecule has 0 aromatic heterocycles. The molecule has 0 spiro atoms. The summed E-state index contributed by atoms with van der Waals surface area (Å²) in [6, 6.07) is 17.8. The number of hydrogen-bond donors (Lipinski definition) is 1. The first-order chi connectivity index (χ1) is 8.36. The van der Waals surface area contributed by atoms with Gasteiger partial charge in [-0.3, -0.25) is 0 Å². The zero-order chi connectivity index (χ0) is 11.7. The van der Waals surface area contributed by atoms with Crippen molar-refractivity contribution in [2.45, 2.75) is 19.4 Å². The maximum absolute atomic E-state index is 3.63. The Morgan fingerprint density at radius 2 is 1.65 bits per heavy atom. The van der Waals surface area contributed by atoms with Gasteiger partial charge in [-0.2, -0.15) is 0 Å². The molecule has 1 heterocycles. The summed E-state index contributed by atoms with van der Waals surface area (Å²) >= 11 is 0. The van der Waals surface area contributed by atoms with Crippen molar-refractivity contribution in [2.24, 2.45) is 0 Å². The van der Waals surface area contributed by atoms with E-state index in [9.17, 15) is 0 Å². The van der Waals surface area contributed by atoms with Gasteiger partial charge in [-0.25, -0.2) is 0 Å². The Morgan fingerprint density at radius 1 is 0.941 bits per heavy atom. The van der Waals surface area contributed by atoms with Crippen molar-refractivity contribution < 1.29 is 0 Å². The summed E-state index contributed by atoms with van der Waals surface area (Å²) in [5.74, 6) is 0. The molecule has 1 N–H and O–H groups in total. The van der Waals surface area contributed by atoms with Crippen LogP contribution in [0.1, 0.15) is 28.3 Å². The van der Waals surface area contributed by atoms with Gasteiger partial charge in [0.15, 0.2) is 0 Å². The summed E-state index contributed by atoms with van der Waals surface area (Å²) < 4.78 is 0. The number of benzene rings is 2. The maximum atomic E-state index is 3.63. The van der Waals surface area contributed by atoms with Crippen molar-refractivity contribution in [1.29, 1.82) is 0 Å². The second-order valence-electron chi connectivity index (χ2n) is 4.69. The van der Waals surface area contributed by atoms with Crippen molar-refractivity contribution in [3.05, 3.63) is 70.8 Å². The van der Waals surface area contributed by atoms with E-state index in [4.69, 9.17) is 0 Å². The lowest BCUT2D eigenvalue weighted by molar-refractivity contribution is 0.566. The molecule has 1 aliphatic rings. The molecule has 0 amide bonds. The molecule has 0 saturated heterocycles. The molecule has 2 aromatic carbocycles. The van der Waals surface area contributed by atoms with E-state index in [-0.39, 0.29) is 0 Å². The van der Waals surface area contributed by atoms with E-state index in [1.54, 1.807) is 0 Å². The highest BCUT2D eigenvalue weighted by molar-refractivity contribution is 5.42. The summed E-state index contributed by atoms with van der Waals surface area (Å²) in [6.45, 7) is 3.25. The Hall–Kier alpha value is -1.60. The topological polar surface area (TPSA) is 12.0 Å². The van der Waals surface area contributed by atoms with E-state index in [0.29, 0.717) is 6.04 Å². The first-order valence-corrected chi connectivity index (χ1v) is 6.23. The number of hydrogen-bond acceptors (Lipinski definition) is 1. The van der Waals surface area contributed by atoms with Crippen molar-refractivity contribution in [2.75, 3.05) is 6.54 Å². The summed E-state index contributed by atoms with van der Waals surface area (Å²) in [4.78, 5) is 0. The average molecular weight is 223 g/mol. The van der Waals surface area contributed by atoms with Crippen LogP contribution in [0.25, 0.3) is 0 Å². The molecule has 1 heteroatoms. The van der Waals surface area contributed by atoms with Crippen LogP contribution in [0.15, 0.2) is 48.5 Å². The van der Waals surface area contributed by atoms with Gasteiger partial charge >= 0.3 is 0 Å². The van der Waals surface area contributed by atoms with Crippen LogP contribution >= 0.6 is 0 Å². The Morgan fingerprint density at radius 3 is 2.47 bits per heavy atom. The normalized spacial score (nSPS) is 18.8. The number of fused-ring (bicyclic) bond motifs is 1. The van der Waals surface area contributed by atoms with E-state index in [1.807, 2.05) is 0 Å². The van der Waals surface area contributed by atoms with E-state index in [2.05, 4.69) is 60.8 Å². The SMILES string of the molecule is Cc1ccccc1C1NCCc2ccccc21. The zero-order valence-electron chi connectivity index (χ0n) is 10.1. The van der Waals surface area contributed by atoms with E-state index in [0.717, 1.165) is 13.0 Å². The predicted molar refractivity (Wildman–Crippen MR) is 71.2 cm³/mol. The van der Waals surface area contributed by atoms with Crippen molar-refractivity contribution in [3.63, 3.8) is 0 Å². The van der Waals surface area contributed by atoms with Gasteiger partial charge in [-0.05, 0) is 35.6 Å². The van der Waals surface area contributed by atoms with Crippen molar-refractivity contribution in [1.82, 2.24) is 5.32 Å². The Kier molecular flexibility index (Phi) is 2.69. The van der Waals surface area contributed by atoms with Gasteiger partial charge in [-0.15, -0.1) is 0 Å². The van der Waals surface area contributed by atoms with Crippen LogP contribution in [0, 0.1) is 6.92 Å². The van der Waals surface area contributed by atoms with Gasteiger partial charge in [0.1, 0.15) is 0 Å². The molecule has 1 nitrogen and oxygen atoms in total. The summed E-state index contributed by atoms with van der Waals surface area (Å²) in [6.07, 6.45) is 1.14. The molecule has 1 unspecified atom stereocenters. The number of nitrogens with one attached hydrogen (secondary N) is 1. The molecule has 1 atom stereocenters. The molecule has 0 radical (unpaired) electrons. The van der Waals surface area contributed by atoms with Gasteiger partial charge in [0.05, 0.1) is 6.04 Å². The van der Waals surface area contributed by atoms with Gasteiger partial charge in [0.2, 0.25) is 0 Å². The van der Waals surface area contributed by atoms with Gasteiger partial charge < -0.3 is 5.32 Å².